The molecule has 0 bridgehead atoms. The van der Waals surface area contributed by atoms with E-state index in [0.29, 0.717) is 12.0 Å². The van der Waals surface area contributed by atoms with Gasteiger partial charge in [-0.2, -0.15) is 0 Å². The summed E-state index contributed by atoms with van der Waals surface area (Å²) in [4.78, 5) is 10.8. The van der Waals surface area contributed by atoms with Gasteiger partial charge in [0.05, 0.1) is 4.92 Å². The molecule has 0 radical (unpaired) electrons. The Bertz CT molecular complexity index is 488. The normalized spacial score (nSPS) is 22.8. The Morgan fingerprint density at radius 3 is 2.76 bits per heavy atom. The third-order valence-corrected chi connectivity index (χ3v) is 4.72. The van der Waals surface area contributed by atoms with Crippen molar-refractivity contribution in [3.63, 3.8) is 0 Å². The second-order valence-electron chi connectivity index (χ2n) is 6.08. The molecule has 1 aliphatic rings. The molecule has 1 aromatic carbocycles. The van der Waals surface area contributed by atoms with E-state index in [2.05, 4.69) is 18.3 Å². The van der Waals surface area contributed by atoms with Crippen molar-refractivity contribution in [3.05, 3.63) is 39.4 Å². The van der Waals surface area contributed by atoms with Gasteiger partial charge in [-0.1, -0.05) is 38.3 Å². The molecule has 0 heterocycles. The molecule has 1 aromatic rings. The van der Waals surface area contributed by atoms with Crippen molar-refractivity contribution < 1.29 is 4.92 Å². The van der Waals surface area contributed by atoms with Crippen molar-refractivity contribution in [3.8, 4) is 0 Å². The highest BCUT2D eigenvalue weighted by atomic mass is 16.6. The molecule has 0 amide bonds. The van der Waals surface area contributed by atoms with Crippen LogP contribution in [0.2, 0.25) is 0 Å². The van der Waals surface area contributed by atoms with Gasteiger partial charge in [0.25, 0.3) is 5.69 Å². The number of nitrogens with one attached hydrogen (secondary N) is 1. The zero-order valence-corrected chi connectivity index (χ0v) is 13.1. The van der Waals surface area contributed by atoms with Gasteiger partial charge < -0.3 is 5.32 Å². The average Bonchev–Trinajstić information content (AvgIpc) is 2.67. The maximum Gasteiger partial charge on any atom is 0.272 e. The van der Waals surface area contributed by atoms with Crippen molar-refractivity contribution in [2.75, 3.05) is 6.54 Å². The fraction of sp³-hybridized carbons (Fsp3) is 0.647. The number of hydrogen-bond acceptors (Lipinski definition) is 3. The van der Waals surface area contributed by atoms with E-state index in [4.69, 9.17) is 0 Å². The van der Waals surface area contributed by atoms with E-state index in [1.807, 2.05) is 13.0 Å². The third kappa shape index (κ3) is 4.03. The SMILES string of the molecule is CCNC1CCCCCC1Cc1cccc([N+](=O)[O-])c1C. The molecule has 4 heteroatoms. The second-order valence-corrected chi connectivity index (χ2v) is 6.08. The Morgan fingerprint density at radius 2 is 2.05 bits per heavy atom. The summed E-state index contributed by atoms with van der Waals surface area (Å²) < 4.78 is 0. The predicted octanol–water partition coefficient (Wildman–Crippen LogP) is 4.00. The van der Waals surface area contributed by atoms with E-state index in [0.717, 1.165) is 24.1 Å². The maximum atomic E-state index is 11.1. The zero-order valence-electron chi connectivity index (χ0n) is 13.1. The Kier molecular flexibility index (Phi) is 5.74. The topological polar surface area (TPSA) is 55.2 Å². The minimum atomic E-state index is -0.270. The van der Waals surface area contributed by atoms with Crippen LogP contribution in [0.1, 0.15) is 50.2 Å². The van der Waals surface area contributed by atoms with Gasteiger partial charge in [0.15, 0.2) is 0 Å². The van der Waals surface area contributed by atoms with E-state index in [9.17, 15) is 10.1 Å². The lowest BCUT2D eigenvalue weighted by Crippen LogP contribution is -2.36. The molecule has 1 aliphatic carbocycles. The van der Waals surface area contributed by atoms with Crippen molar-refractivity contribution >= 4 is 5.69 Å². The number of nitro benzene ring substituents is 1. The lowest BCUT2D eigenvalue weighted by molar-refractivity contribution is -0.385. The molecular weight excluding hydrogens is 264 g/mol. The molecule has 2 rings (SSSR count). The average molecular weight is 290 g/mol. The molecule has 0 saturated heterocycles. The Morgan fingerprint density at radius 1 is 1.29 bits per heavy atom. The Hall–Kier alpha value is -1.42. The van der Waals surface area contributed by atoms with Crippen LogP contribution >= 0.6 is 0 Å². The predicted molar refractivity (Wildman–Crippen MR) is 85.6 cm³/mol. The zero-order chi connectivity index (χ0) is 15.2. The summed E-state index contributed by atoms with van der Waals surface area (Å²) in [5.74, 6) is 0.591. The lowest BCUT2D eigenvalue weighted by atomic mass is 9.86. The van der Waals surface area contributed by atoms with Gasteiger partial charge in [-0.05, 0) is 44.2 Å². The van der Waals surface area contributed by atoms with Gasteiger partial charge in [-0.25, -0.2) is 0 Å². The first kappa shape index (κ1) is 16.0. The smallest absolute Gasteiger partial charge is 0.272 e. The van der Waals surface area contributed by atoms with Gasteiger partial charge in [0.2, 0.25) is 0 Å². The van der Waals surface area contributed by atoms with E-state index < -0.39 is 0 Å². The van der Waals surface area contributed by atoms with Crippen molar-refractivity contribution in [2.24, 2.45) is 5.92 Å². The lowest BCUT2D eigenvalue weighted by Gasteiger charge is -2.26. The van der Waals surface area contributed by atoms with Gasteiger partial charge in [-0.3, -0.25) is 10.1 Å². The fourth-order valence-electron chi connectivity index (χ4n) is 3.53. The standard InChI is InChI=1S/C17H26N2O2/c1-3-18-16-10-6-4-5-8-15(16)12-14-9-7-11-17(13(14)2)19(20)21/h7,9,11,15-16,18H,3-6,8,10,12H2,1-2H3. The van der Waals surface area contributed by atoms with Crippen LogP contribution in [0.25, 0.3) is 0 Å². The highest BCUT2D eigenvalue weighted by Crippen LogP contribution is 2.30. The van der Waals surface area contributed by atoms with Crippen molar-refractivity contribution in [1.29, 1.82) is 0 Å². The maximum absolute atomic E-state index is 11.1. The first-order valence-corrected chi connectivity index (χ1v) is 8.09. The summed E-state index contributed by atoms with van der Waals surface area (Å²) in [6, 6.07) is 6.03. The number of nitro groups is 1. The minimum absolute atomic E-state index is 0.251. The van der Waals surface area contributed by atoms with Crippen molar-refractivity contribution in [1.82, 2.24) is 5.32 Å². The van der Waals surface area contributed by atoms with Crippen LogP contribution in [0.5, 0.6) is 0 Å². The van der Waals surface area contributed by atoms with E-state index in [1.165, 1.54) is 32.1 Å². The van der Waals surface area contributed by atoms with Crippen molar-refractivity contribution in [2.45, 2.75) is 58.4 Å². The van der Waals surface area contributed by atoms with Gasteiger partial charge in [0, 0.05) is 17.7 Å². The largest absolute Gasteiger partial charge is 0.314 e. The molecule has 0 aromatic heterocycles. The summed E-state index contributed by atoms with van der Waals surface area (Å²) in [5, 5.41) is 14.7. The molecular formula is C17H26N2O2. The molecule has 1 fully saturated rings. The fourth-order valence-corrected chi connectivity index (χ4v) is 3.53. The third-order valence-electron chi connectivity index (χ3n) is 4.72. The van der Waals surface area contributed by atoms with Crippen LogP contribution < -0.4 is 5.32 Å². The molecule has 1 N–H and O–H groups in total. The van der Waals surface area contributed by atoms with Gasteiger partial charge >= 0.3 is 0 Å². The Labute approximate surface area is 127 Å². The first-order valence-electron chi connectivity index (χ1n) is 8.09. The van der Waals surface area contributed by atoms with Gasteiger partial charge in [-0.15, -0.1) is 0 Å². The molecule has 0 aliphatic heterocycles. The summed E-state index contributed by atoms with van der Waals surface area (Å²) >= 11 is 0. The van der Waals surface area contributed by atoms with E-state index in [1.54, 1.807) is 6.07 Å². The molecule has 116 valence electrons. The molecule has 1 saturated carbocycles. The van der Waals surface area contributed by atoms with Crippen LogP contribution in [0.4, 0.5) is 5.69 Å². The van der Waals surface area contributed by atoms with Crippen LogP contribution in [-0.2, 0) is 6.42 Å². The van der Waals surface area contributed by atoms with Crippen LogP contribution in [0, 0.1) is 23.0 Å². The highest BCUT2D eigenvalue weighted by Gasteiger charge is 2.24. The van der Waals surface area contributed by atoms with Gasteiger partial charge in [0.1, 0.15) is 0 Å². The second kappa shape index (κ2) is 7.55. The summed E-state index contributed by atoms with van der Waals surface area (Å²) in [7, 11) is 0. The summed E-state index contributed by atoms with van der Waals surface area (Å²) in [6.07, 6.45) is 7.28. The number of hydrogen-bond donors (Lipinski definition) is 1. The summed E-state index contributed by atoms with van der Waals surface area (Å²) in [6.45, 7) is 5.03. The number of rotatable bonds is 5. The molecule has 0 spiro atoms. The highest BCUT2D eigenvalue weighted by molar-refractivity contribution is 5.44. The van der Waals surface area contributed by atoms with E-state index in [-0.39, 0.29) is 10.6 Å². The van der Waals surface area contributed by atoms with Crippen LogP contribution in [0.15, 0.2) is 18.2 Å². The van der Waals surface area contributed by atoms with Crippen LogP contribution in [0.3, 0.4) is 0 Å². The molecule has 2 atom stereocenters. The summed E-state index contributed by atoms with van der Waals surface area (Å²) in [5.41, 5.74) is 2.22. The van der Waals surface area contributed by atoms with E-state index >= 15 is 0 Å². The van der Waals surface area contributed by atoms with Crippen LogP contribution in [-0.4, -0.2) is 17.5 Å². The molecule has 2 unspecified atom stereocenters. The number of benzene rings is 1. The number of nitrogens with zero attached hydrogens (tertiary/aromatic N) is 1. The molecule has 4 nitrogen and oxygen atoms in total. The minimum Gasteiger partial charge on any atom is -0.314 e. The Balaban J connectivity index is 2.18. The molecule has 21 heavy (non-hydrogen) atoms. The quantitative estimate of drug-likeness (QED) is 0.506. The first-order chi connectivity index (χ1) is 10.1. The monoisotopic (exact) mass is 290 g/mol.